The van der Waals surface area contributed by atoms with Crippen molar-refractivity contribution in [1.29, 1.82) is 0 Å². The van der Waals surface area contributed by atoms with Crippen LogP contribution in [-0.2, 0) is 9.31 Å². The van der Waals surface area contributed by atoms with Crippen molar-refractivity contribution in [3.8, 4) is 44.8 Å². The molecule has 0 spiro atoms. The van der Waals surface area contributed by atoms with Crippen molar-refractivity contribution >= 4 is 12.6 Å². The summed E-state index contributed by atoms with van der Waals surface area (Å²) in [7, 11) is -0.450. The number of pyridine rings is 2. The summed E-state index contributed by atoms with van der Waals surface area (Å²) in [5.74, 6) is 0. The van der Waals surface area contributed by atoms with Gasteiger partial charge in [-0.3, -0.25) is 9.97 Å². The predicted octanol–water partition coefficient (Wildman–Crippen LogP) is 7.44. The number of hydrogen-bond acceptors (Lipinski definition) is 4. The fourth-order valence-electron chi connectivity index (χ4n) is 4.83. The molecule has 4 nitrogen and oxygen atoms in total. The van der Waals surface area contributed by atoms with Crippen LogP contribution in [0.25, 0.3) is 44.8 Å². The van der Waals surface area contributed by atoms with Gasteiger partial charge in [-0.1, -0.05) is 72.8 Å². The molecule has 0 atom stereocenters. The van der Waals surface area contributed by atoms with Crippen molar-refractivity contribution in [2.45, 2.75) is 38.9 Å². The van der Waals surface area contributed by atoms with Crippen LogP contribution in [0.4, 0.5) is 0 Å². The van der Waals surface area contributed by atoms with E-state index in [4.69, 9.17) is 9.31 Å². The zero-order valence-electron chi connectivity index (χ0n) is 22.8. The topological polar surface area (TPSA) is 44.2 Å². The van der Waals surface area contributed by atoms with E-state index in [1.807, 2.05) is 48.8 Å². The lowest BCUT2D eigenvalue weighted by Crippen LogP contribution is -2.41. The van der Waals surface area contributed by atoms with Crippen molar-refractivity contribution in [3.63, 3.8) is 0 Å². The highest BCUT2D eigenvalue weighted by Gasteiger charge is 2.51. The van der Waals surface area contributed by atoms with Crippen LogP contribution in [0.15, 0.2) is 116 Å². The highest BCUT2D eigenvalue weighted by molar-refractivity contribution is 6.62. The third-order valence-electron chi connectivity index (χ3n) is 7.84. The van der Waals surface area contributed by atoms with Crippen LogP contribution in [0.1, 0.15) is 27.7 Å². The molecule has 6 rings (SSSR count). The molecular formula is C34H31BN2O2. The van der Waals surface area contributed by atoms with Gasteiger partial charge in [-0.25, -0.2) is 0 Å². The smallest absolute Gasteiger partial charge is 0.399 e. The molecular weight excluding hydrogens is 479 g/mol. The van der Waals surface area contributed by atoms with Gasteiger partial charge in [-0.05, 0) is 85.7 Å². The molecule has 0 bridgehead atoms. The number of rotatable bonds is 5. The van der Waals surface area contributed by atoms with Crippen LogP contribution in [0.3, 0.4) is 0 Å². The number of nitrogens with zero attached hydrogens (tertiary/aromatic N) is 2. The normalized spacial score (nSPS) is 15.8. The lowest BCUT2D eigenvalue weighted by molar-refractivity contribution is 0.00578. The Hall–Kier alpha value is -4.06. The fourth-order valence-corrected chi connectivity index (χ4v) is 4.83. The first-order chi connectivity index (χ1) is 18.8. The summed E-state index contributed by atoms with van der Waals surface area (Å²) in [5, 5.41) is 0. The molecule has 0 saturated carbocycles. The van der Waals surface area contributed by atoms with E-state index in [0.717, 1.165) is 50.2 Å². The van der Waals surface area contributed by atoms with Gasteiger partial charge in [0, 0.05) is 23.5 Å². The van der Waals surface area contributed by atoms with Gasteiger partial charge in [0.05, 0.1) is 22.6 Å². The standard InChI is InChI=1S/C34H31BN2O2/c1-33(2)34(3,4)39-35(38-33)30-22-28(24-11-15-26(16-12-24)31-9-5-7-19-36-31)21-29(23-30)25-13-17-27(18-14-25)32-10-6-8-20-37-32/h5-23H,1-4H3. The van der Waals surface area contributed by atoms with Gasteiger partial charge >= 0.3 is 7.12 Å². The molecule has 0 radical (unpaired) electrons. The Morgan fingerprint density at radius 2 is 0.897 bits per heavy atom. The molecule has 1 aliphatic heterocycles. The summed E-state index contributed by atoms with van der Waals surface area (Å²) >= 11 is 0. The average molecular weight is 510 g/mol. The minimum absolute atomic E-state index is 0.414. The third-order valence-corrected chi connectivity index (χ3v) is 7.84. The molecule has 1 saturated heterocycles. The van der Waals surface area contributed by atoms with Gasteiger partial charge in [0.2, 0.25) is 0 Å². The van der Waals surface area contributed by atoms with Crippen LogP contribution in [0, 0.1) is 0 Å². The molecule has 5 aromatic rings. The lowest BCUT2D eigenvalue weighted by Gasteiger charge is -2.32. The Morgan fingerprint density at radius 3 is 1.28 bits per heavy atom. The molecule has 192 valence electrons. The quantitative estimate of drug-likeness (QED) is 0.231. The average Bonchev–Trinajstić information content (AvgIpc) is 3.20. The van der Waals surface area contributed by atoms with Gasteiger partial charge in [0.25, 0.3) is 0 Å². The summed E-state index contributed by atoms with van der Waals surface area (Å²) in [5.41, 5.74) is 8.75. The van der Waals surface area contributed by atoms with Crippen LogP contribution in [0.2, 0.25) is 0 Å². The van der Waals surface area contributed by atoms with Crippen LogP contribution >= 0.6 is 0 Å². The van der Waals surface area contributed by atoms with E-state index < -0.39 is 18.3 Å². The first kappa shape index (κ1) is 25.2. The maximum absolute atomic E-state index is 6.45. The molecule has 1 aliphatic rings. The molecule has 0 N–H and O–H groups in total. The number of benzene rings is 3. The largest absolute Gasteiger partial charge is 0.494 e. The van der Waals surface area contributed by atoms with E-state index in [0.29, 0.717) is 0 Å². The highest BCUT2D eigenvalue weighted by atomic mass is 16.7. The summed E-state index contributed by atoms with van der Waals surface area (Å²) in [6, 6.07) is 35.7. The van der Waals surface area contributed by atoms with Crippen molar-refractivity contribution in [1.82, 2.24) is 9.97 Å². The zero-order valence-corrected chi connectivity index (χ0v) is 22.8. The van der Waals surface area contributed by atoms with E-state index in [1.165, 1.54) is 0 Å². The summed E-state index contributed by atoms with van der Waals surface area (Å²) in [6.45, 7) is 8.35. The number of aromatic nitrogens is 2. The van der Waals surface area contributed by atoms with Crippen molar-refractivity contribution in [2.24, 2.45) is 0 Å². The van der Waals surface area contributed by atoms with E-state index in [-0.39, 0.29) is 0 Å². The molecule has 1 fully saturated rings. The SMILES string of the molecule is CC1(C)OB(c2cc(-c3ccc(-c4ccccn4)cc3)cc(-c3ccc(-c4ccccn4)cc3)c2)OC1(C)C. The third kappa shape index (κ3) is 5.03. The number of hydrogen-bond donors (Lipinski definition) is 0. The van der Waals surface area contributed by atoms with E-state index in [1.54, 1.807) is 0 Å². The molecule has 0 unspecified atom stereocenters. The molecule has 2 aromatic heterocycles. The van der Waals surface area contributed by atoms with E-state index in [9.17, 15) is 0 Å². The molecule has 39 heavy (non-hydrogen) atoms. The first-order valence-electron chi connectivity index (χ1n) is 13.3. The second kappa shape index (κ2) is 9.92. The Bertz CT molecular complexity index is 1470. The maximum Gasteiger partial charge on any atom is 0.494 e. The molecule has 0 aliphatic carbocycles. The molecule has 5 heteroatoms. The van der Waals surface area contributed by atoms with Gasteiger partial charge in [0.15, 0.2) is 0 Å². The Morgan fingerprint density at radius 1 is 0.487 bits per heavy atom. The second-order valence-corrected chi connectivity index (χ2v) is 11.0. The van der Waals surface area contributed by atoms with Crippen molar-refractivity contribution in [2.75, 3.05) is 0 Å². The van der Waals surface area contributed by atoms with E-state index >= 15 is 0 Å². The van der Waals surface area contributed by atoms with Crippen LogP contribution in [-0.4, -0.2) is 28.3 Å². The van der Waals surface area contributed by atoms with Gasteiger partial charge in [-0.15, -0.1) is 0 Å². The summed E-state index contributed by atoms with van der Waals surface area (Å²) in [4.78, 5) is 8.98. The molecule has 3 heterocycles. The van der Waals surface area contributed by atoms with Crippen LogP contribution < -0.4 is 5.46 Å². The van der Waals surface area contributed by atoms with Gasteiger partial charge in [0.1, 0.15) is 0 Å². The van der Waals surface area contributed by atoms with Crippen LogP contribution in [0.5, 0.6) is 0 Å². The Labute approximate surface area is 230 Å². The second-order valence-electron chi connectivity index (χ2n) is 11.0. The summed E-state index contributed by atoms with van der Waals surface area (Å²) < 4.78 is 12.9. The molecule has 3 aromatic carbocycles. The fraction of sp³-hybridized carbons (Fsp3) is 0.176. The lowest BCUT2D eigenvalue weighted by atomic mass is 9.76. The van der Waals surface area contributed by atoms with Crippen molar-refractivity contribution in [3.05, 3.63) is 116 Å². The first-order valence-corrected chi connectivity index (χ1v) is 13.3. The predicted molar refractivity (Wildman–Crippen MR) is 159 cm³/mol. The van der Waals surface area contributed by atoms with E-state index in [2.05, 4.69) is 104 Å². The zero-order chi connectivity index (χ0) is 27.0. The Balaban J connectivity index is 1.40. The molecule has 0 amide bonds. The minimum Gasteiger partial charge on any atom is -0.399 e. The van der Waals surface area contributed by atoms with Gasteiger partial charge < -0.3 is 9.31 Å². The minimum atomic E-state index is -0.450. The van der Waals surface area contributed by atoms with Crippen molar-refractivity contribution < 1.29 is 9.31 Å². The highest BCUT2D eigenvalue weighted by Crippen LogP contribution is 2.37. The Kier molecular flexibility index (Phi) is 6.42. The summed E-state index contributed by atoms with van der Waals surface area (Å²) in [6.07, 6.45) is 3.64. The monoisotopic (exact) mass is 510 g/mol. The maximum atomic E-state index is 6.45. The van der Waals surface area contributed by atoms with Gasteiger partial charge in [-0.2, -0.15) is 0 Å².